The van der Waals surface area contributed by atoms with Crippen LogP contribution in [0, 0.1) is 11.3 Å². The number of hydrogen-bond acceptors (Lipinski definition) is 5. The minimum absolute atomic E-state index is 0.149. The predicted molar refractivity (Wildman–Crippen MR) is 107 cm³/mol. The van der Waals surface area contributed by atoms with Crippen LogP contribution in [-0.2, 0) is 4.79 Å². The van der Waals surface area contributed by atoms with E-state index < -0.39 is 0 Å². The Hall–Kier alpha value is -3.30. The van der Waals surface area contributed by atoms with Crippen LogP contribution in [0.3, 0.4) is 0 Å². The summed E-state index contributed by atoms with van der Waals surface area (Å²) < 4.78 is 5.25. The second-order valence-electron chi connectivity index (χ2n) is 5.60. The van der Waals surface area contributed by atoms with Crippen LogP contribution in [0.4, 0.5) is 5.69 Å². The topological polar surface area (TPSA) is 75.0 Å². The summed E-state index contributed by atoms with van der Waals surface area (Å²) in [6.45, 7) is 0. The molecule has 1 aromatic heterocycles. The smallest absolute Gasteiger partial charge is 0.234 e. The summed E-state index contributed by atoms with van der Waals surface area (Å²) in [6, 6.07) is 22.4. The monoisotopic (exact) mass is 375 g/mol. The van der Waals surface area contributed by atoms with Gasteiger partial charge in [0.15, 0.2) is 0 Å². The van der Waals surface area contributed by atoms with Gasteiger partial charge in [0, 0.05) is 11.3 Å². The zero-order chi connectivity index (χ0) is 19.1. The van der Waals surface area contributed by atoms with Crippen LogP contribution in [0.5, 0.6) is 5.75 Å². The number of aromatic nitrogens is 1. The fourth-order valence-corrected chi connectivity index (χ4v) is 3.20. The molecule has 0 unspecified atom stereocenters. The summed E-state index contributed by atoms with van der Waals surface area (Å²) in [5.74, 6) is 0.747. The molecule has 0 aliphatic rings. The SMILES string of the molecule is COc1cccc(-c2ccc(C#N)c(SCC(=O)Nc3ccccc3)n2)c1. The Bertz CT molecular complexity index is 984. The second-order valence-corrected chi connectivity index (χ2v) is 6.56. The Kier molecular flexibility index (Phi) is 6.08. The molecule has 27 heavy (non-hydrogen) atoms. The van der Waals surface area contributed by atoms with Crippen LogP contribution < -0.4 is 10.1 Å². The van der Waals surface area contributed by atoms with Gasteiger partial charge in [0.25, 0.3) is 0 Å². The number of anilines is 1. The van der Waals surface area contributed by atoms with Crippen molar-refractivity contribution in [2.24, 2.45) is 0 Å². The number of para-hydroxylation sites is 1. The highest BCUT2D eigenvalue weighted by molar-refractivity contribution is 8.00. The Balaban J connectivity index is 1.76. The molecule has 0 atom stereocenters. The molecule has 0 fully saturated rings. The van der Waals surface area contributed by atoms with Gasteiger partial charge in [-0.1, -0.05) is 42.1 Å². The number of benzene rings is 2. The van der Waals surface area contributed by atoms with Crippen LogP contribution >= 0.6 is 11.8 Å². The number of hydrogen-bond donors (Lipinski definition) is 1. The highest BCUT2D eigenvalue weighted by Gasteiger charge is 2.11. The maximum absolute atomic E-state index is 12.2. The van der Waals surface area contributed by atoms with Crippen LogP contribution in [0.25, 0.3) is 11.3 Å². The molecule has 3 aromatic rings. The molecular weight excluding hydrogens is 358 g/mol. The maximum Gasteiger partial charge on any atom is 0.234 e. The molecule has 0 aliphatic heterocycles. The Morgan fingerprint density at radius 3 is 2.70 bits per heavy atom. The number of methoxy groups -OCH3 is 1. The van der Waals surface area contributed by atoms with E-state index >= 15 is 0 Å². The number of carbonyl (C=O) groups excluding carboxylic acids is 1. The molecule has 0 saturated heterocycles. The first kappa shape index (κ1) is 18.5. The van der Waals surface area contributed by atoms with Crippen molar-refractivity contribution >= 4 is 23.4 Å². The van der Waals surface area contributed by atoms with Gasteiger partial charge >= 0.3 is 0 Å². The molecule has 1 amide bonds. The van der Waals surface area contributed by atoms with Gasteiger partial charge in [-0.3, -0.25) is 4.79 Å². The summed E-state index contributed by atoms with van der Waals surface area (Å²) in [5, 5.41) is 12.7. The van der Waals surface area contributed by atoms with E-state index in [2.05, 4.69) is 16.4 Å². The zero-order valence-electron chi connectivity index (χ0n) is 14.7. The lowest BCUT2D eigenvalue weighted by Crippen LogP contribution is -2.14. The van der Waals surface area contributed by atoms with Crippen molar-refractivity contribution in [2.45, 2.75) is 5.03 Å². The van der Waals surface area contributed by atoms with Gasteiger partial charge in [-0.25, -0.2) is 4.98 Å². The van der Waals surface area contributed by atoms with Crippen molar-refractivity contribution < 1.29 is 9.53 Å². The molecule has 0 aliphatic carbocycles. The van der Waals surface area contributed by atoms with Crippen molar-refractivity contribution in [3.63, 3.8) is 0 Å². The van der Waals surface area contributed by atoms with E-state index in [1.165, 1.54) is 11.8 Å². The third-order valence-electron chi connectivity index (χ3n) is 3.74. The fraction of sp³-hybridized carbons (Fsp3) is 0.0952. The molecule has 6 heteroatoms. The number of nitriles is 1. The number of nitrogens with zero attached hydrogens (tertiary/aromatic N) is 2. The first-order valence-electron chi connectivity index (χ1n) is 8.23. The van der Waals surface area contributed by atoms with Crippen LogP contribution in [0.2, 0.25) is 0 Å². The van der Waals surface area contributed by atoms with E-state index in [0.717, 1.165) is 22.7 Å². The van der Waals surface area contributed by atoms with Crippen LogP contribution in [0.1, 0.15) is 5.56 Å². The zero-order valence-corrected chi connectivity index (χ0v) is 15.5. The lowest BCUT2D eigenvalue weighted by Gasteiger charge is -2.08. The molecule has 0 spiro atoms. The Morgan fingerprint density at radius 1 is 1.15 bits per heavy atom. The van der Waals surface area contributed by atoms with E-state index in [4.69, 9.17) is 4.74 Å². The highest BCUT2D eigenvalue weighted by atomic mass is 32.2. The number of nitrogens with one attached hydrogen (secondary N) is 1. The first-order chi connectivity index (χ1) is 13.2. The first-order valence-corrected chi connectivity index (χ1v) is 9.21. The van der Waals surface area contributed by atoms with Gasteiger partial charge in [-0.2, -0.15) is 5.26 Å². The predicted octanol–water partition coefficient (Wildman–Crippen LogP) is 4.36. The third kappa shape index (κ3) is 4.87. The summed E-state index contributed by atoms with van der Waals surface area (Å²) in [6.07, 6.45) is 0. The normalized spacial score (nSPS) is 10.1. The van der Waals surface area contributed by atoms with Gasteiger partial charge < -0.3 is 10.1 Å². The molecule has 1 N–H and O–H groups in total. The summed E-state index contributed by atoms with van der Waals surface area (Å²) in [5.41, 5.74) is 2.79. The largest absolute Gasteiger partial charge is 0.497 e. The van der Waals surface area contributed by atoms with Gasteiger partial charge in [-0.15, -0.1) is 0 Å². The third-order valence-corrected chi connectivity index (χ3v) is 4.73. The quantitative estimate of drug-likeness (QED) is 0.648. The van der Waals surface area contributed by atoms with Gasteiger partial charge in [0.2, 0.25) is 5.91 Å². The number of amides is 1. The van der Waals surface area contributed by atoms with Crippen molar-refractivity contribution in [3.8, 4) is 23.1 Å². The van der Waals surface area contributed by atoms with E-state index in [0.29, 0.717) is 10.6 Å². The number of carbonyl (C=O) groups is 1. The maximum atomic E-state index is 12.2. The summed E-state index contributed by atoms with van der Waals surface area (Å²) in [7, 11) is 1.61. The molecule has 0 bridgehead atoms. The average Bonchev–Trinajstić information content (AvgIpc) is 2.72. The van der Waals surface area contributed by atoms with E-state index in [9.17, 15) is 10.1 Å². The minimum Gasteiger partial charge on any atom is -0.497 e. The van der Waals surface area contributed by atoms with Crippen LogP contribution in [-0.4, -0.2) is 23.8 Å². The van der Waals surface area contributed by atoms with Gasteiger partial charge in [0.1, 0.15) is 16.8 Å². The Labute approximate surface area is 162 Å². The number of pyridine rings is 1. The van der Waals surface area contributed by atoms with Gasteiger partial charge in [0.05, 0.1) is 24.1 Å². The molecule has 1 heterocycles. The lowest BCUT2D eigenvalue weighted by atomic mass is 10.1. The van der Waals surface area contributed by atoms with Crippen molar-refractivity contribution in [3.05, 3.63) is 72.3 Å². The lowest BCUT2D eigenvalue weighted by molar-refractivity contribution is -0.113. The van der Waals surface area contributed by atoms with E-state index in [1.54, 1.807) is 19.2 Å². The molecule has 0 radical (unpaired) electrons. The fourth-order valence-electron chi connectivity index (χ4n) is 2.43. The van der Waals surface area contributed by atoms with Crippen molar-refractivity contribution in [1.82, 2.24) is 4.98 Å². The standard InChI is InChI=1S/C21H17N3O2S/c1-26-18-9-5-6-15(12-18)19-11-10-16(13-22)21(24-19)27-14-20(25)23-17-7-3-2-4-8-17/h2-12H,14H2,1H3,(H,23,25). The van der Waals surface area contributed by atoms with E-state index in [-0.39, 0.29) is 11.7 Å². The van der Waals surface area contributed by atoms with Crippen LogP contribution in [0.15, 0.2) is 71.8 Å². The molecule has 0 saturated carbocycles. The highest BCUT2D eigenvalue weighted by Crippen LogP contribution is 2.27. The van der Waals surface area contributed by atoms with Crippen molar-refractivity contribution in [1.29, 1.82) is 5.26 Å². The van der Waals surface area contributed by atoms with Gasteiger partial charge in [-0.05, 0) is 36.4 Å². The molecule has 2 aromatic carbocycles. The molecule has 3 rings (SSSR count). The Morgan fingerprint density at radius 2 is 1.96 bits per heavy atom. The minimum atomic E-state index is -0.149. The second kappa shape index (κ2) is 8.88. The van der Waals surface area contributed by atoms with E-state index in [1.807, 2.05) is 54.6 Å². The molecular formula is C21H17N3O2S. The summed E-state index contributed by atoms with van der Waals surface area (Å²) in [4.78, 5) is 16.7. The number of rotatable bonds is 6. The number of ether oxygens (including phenoxy) is 1. The summed E-state index contributed by atoms with van der Waals surface area (Å²) >= 11 is 1.24. The average molecular weight is 375 g/mol. The molecule has 134 valence electrons. The number of thioether (sulfide) groups is 1. The van der Waals surface area contributed by atoms with Crippen molar-refractivity contribution in [2.75, 3.05) is 18.2 Å². The molecule has 5 nitrogen and oxygen atoms in total.